The van der Waals surface area contributed by atoms with Gasteiger partial charge in [0.25, 0.3) is 0 Å². The van der Waals surface area contributed by atoms with Gasteiger partial charge in [0.15, 0.2) is 5.78 Å². The normalized spacial score (nSPS) is 14.4. The number of methoxy groups -OCH3 is 1. The van der Waals surface area contributed by atoms with Gasteiger partial charge < -0.3 is 4.74 Å². The molecule has 0 saturated carbocycles. The van der Waals surface area contributed by atoms with Gasteiger partial charge in [0.2, 0.25) is 10.0 Å². The number of nitrogens with two attached hydrogens (primary N) is 1. The zero-order valence-electron chi connectivity index (χ0n) is 15.0. The van der Waals surface area contributed by atoms with Gasteiger partial charge in [-0.1, -0.05) is 38.3 Å². The van der Waals surface area contributed by atoms with Crippen molar-refractivity contribution in [2.45, 2.75) is 20.8 Å². The van der Waals surface area contributed by atoms with Crippen LogP contribution in [0, 0.1) is 0 Å². The monoisotopic (exact) mass is 405 g/mol. The maximum atomic E-state index is 13.4. The number of hydrogen-bond acceptors (Lipinski definition) is 4. The second kappa shape index (κ2) is 9.43. The summed E-state index contributed by atoms with van der Waals surface area (Å²) in [6, 6.07) is 3.17. The lowest BCUT2D eigenvalue weighted by molar-refractivity contribution is 0.102. The van der Waals surface area contributed by atoms with Crippen LogP contribution in [0.1, 0.15) is 42.3 Å². The van der Waals surface area contributed by atoms with E-state index >= 15 is 0 Å². The lowest BCUT2D eigenvalue weighted by atomic mass is 9.92. The molecule has 5 nitrogen and oxygen atoms in total. The molecule has 28 heavy (non-hydrogen) atoms. The van der Waals surface area contributed by atoms with E-state index in [1.54, 1.807) is 18.2 Å². The molecular weight excluding hydrogens is 381 g/mol. The predicted octanol–water partition coefficient (Wildman–Crippen LogP) is 4.55. The highest BCUT2D eigenvalue weighted by Crippen LogP contribution is 2.32. The molecule has 0 aliphatic heterocycles. The molecule has 7 heteroatoms. The summed E-state index contributed by atoms with van der Waals surface area (Å²) < 4.78 is 41.8. The Balaban J connectivity index is 0.00000392. The fraction of sp³-hybridized carbons (Fsp3) is 0.190. The van der Waals surface area contributed by atoms with Crippen LogP contribution in [0.15, 0.2) is 59.3 Å². The molecule has 0 atom stereocenters. The molecule has 1 aromatic carbocycles. The number of benzene rings is 1. The van der Waals surface area contributed by atoms with E-state index in [2.05, 4.69) is 6.58 Å². The Labute approximate surface area is 165 Å². The fourth-order valence-corrected chi connectivity index (χ4v) is 2.89. The summed E-state index contributed by atoms with van der Waals surface area (Å²) in [6.07, 6.45) is 8.53. The van der Waals surface area contributed by atoms with Crippen molar-refractivity contribution in [1.82, 2.24) is 0 Å². The zero-order chi connectivity index (χ0) is 20.2. The van der Waals surface area contributed by atoms with Crippen LogP contribution in [0.2, 0.25) is 0 Å². The first kappa shape index (κ1) is 23.3. The molecule has 1 aromatic rings. The maximum absolute atomic E-state index is 13.4. The van der Waals surface area contributed by atoms with Gasteiger partial charge in [-0.15, -0.1) is 0 Å². The van der Waals surface area contributed by atoms with Gasteiger partial charge in [-0.2, -0.15) is 0 Å². The van der Waals surface area contributed by atoms with E-state index in [1.807, 2.05) is 0 Å². The SMILES string of the molecule is C.C=Cc1c(/C=C(\C)S(N)(=O)=O)ccc(OC)c1C(=O)C1=CC=C(F)C=CC1. The van der Waals surface area contributed by atoms with E-state index in [1.165, 1.54) is 44.4 Å². The average molecular weight is 405 g/mol. The molecule has 1 aliphatic carbocycles. The van der Waals surface area contributed by atoms with E-state index in [-0.39, 0.29) is 30.1 Å². The number of carbonyl (C=O) groups is 1. The fourth-order valence-electron chi connectivity index (χ4n) is 2.60. The highest BCUT2D eigenvalue weighted by molar-refractivity contribution is 7.93. The minimum absolute atomic E-state index is 0. The third kappa shape index (κ3) is 5.15. The van der Waals surface area contributed by atoms with E-state index in [0.29, 0.717) is 22.4 Å². The van der Waals surface area contributed by atoms with Gasteiger partial charge >= 0.3 is 0 Å². The van der Waals surface area contributed by atoms with Gasteiger partial charge in [-0.25, -0.2) is 17.9 Å². The summed E-state index contributed by atoms with van der Waals surface area (Å²) in [5.41, 5.74) is 1.44. The Morgan fingerprint density at radius 3 is 2.57 bits per heavy atom. The van der Waals surface area contributed by atoms with Crippen molar-refractivity contribution >= 4 is 28.0 Å². The summed E-state index contributed by atoms with van der Waals surface area (Å²) in [5, 5.41) is 5.15. The molecule has 150 valence electrons. The third-order valence-corrected chi connectivity index (χ3v) is 5.07. The molecule has 2 rings (SSSR count). The molecule has 0 bridgehead atoms. The molecular formula is C21H24FNO4S. The number of ether oxygens (including phenoxy) is 1. The molecule has 2 N–H and O–H groups in total. The Morgan fingerprint density at radius 1 is 1.32 bits per heavy atom. The van der Waals surface area contributed by atoms with E-state index < -0.39 is 15.9 Å². The zero-order valence-corrected chi connectivity index (χ0v) is 15.8. The third-order valence-electron chi connectivity index (χ3n) is 4.05. The smallest absolute Gasteiger partial charge is 0.233 e. The van der Waals surface area contributed by atoms with Crippen LogP contribution in [0.5, 0.6) is 5.75 Å². The van der Waals surface area contributed by atoms with Crippen LogP contribution in [0.4, 0.5) is 4.39 Å². The standard InChI is InChI=1S/C20H20FNO4S.CH4/c1-4-17-15(12-13(2)27(22,24)25)9-11-18(26-3)19(17)20(23)14-6-5-7-16(21)10-8-14;/h4-5,7-12H,1,6H2,2-3H3,(H2,22,24,25);1H4/b13-12+;. The number of sulfonamides is 1. The lowest BCUT2D eigenvalue weighted by Gasteiger charge is -2.15. The van der Waals surface area contributed by atoms with E-state index in [9.17, 15) is 17.6 Å². The predicted molar refractivity (Wildman–Crippen MR) is 112 cm³/mol. The highest BCUT2D eigenvalue weighted by Gasteiger charge is 2.22. The van der Waals surface area contributed by atoms with Gasteiger partial charge in [0.1, 0.15) is 11.6 Å². The molecule has 0 heterocycles. The van der Waals surface area contributed by atoms with E-state index in [4.69, 9.17) is 9.88 Å². The van der Waals surface area contributed by atoms with Crippen molar-refractivity contribution < 1.29 is 22.3 Å². The van der Waals surface area contributed by atoms with Gasteiger partial charge in [0.05, 0.1) is 17.6 Å². The van der Waals surface area contributed by atoms with Crippen molar-refractivity contribution in [3.8, 4) is 5.75 Å². The Bertz CT molecular complexity index is 1020. The summed E-state index contributed by atoms with van der Waals surface area (Å²) >= 11 is 0. The molecule has 0 amide bonds. The summed E-state index contributed by atoms with van der Waals surface area (Å²) in [4.78, 5) is 13.0. The Hall–Kier alpha value is -2.77. The van der Waals surface area contributed by atoms with Crippen molar-refractivity contribution in [3.05, 3.63) is 76.0 Å². The van der Waals surface area contributed by atoms with Gasteiger partial charge in [-0.05, 0) is 48.8 Å². The summed E-state index contributed by atoms with van der Waals surface area (Å²) in [6.45, 7) is 5.09. The number of allylic oxidation sites excluding steroid dienone is 7. The molecule has 0 unspecified atom stereocenters. The van der Waals surface area contributed by atoms with Gasteiger partial charge in [-0.3, -0.25) is 4.79 Å². The first-order valence-corrected chi connectivity index (χ1v) is 9.55. The van der Waals surface area contributed by atoms with Crippen molar-refractivity contribution in [2.75, 3.05) is 7.11 Å². The highest BCUT2D eigenvalue weighted by atomic mass is 32.2. The summed E-state index contributed by atoms with van der Waals surface area (Å²) in [7, 11) is -2.44. The van der Waals surface area contributed by atoms with Crippen LogP contribution in [-0.2, 0) is 10.0 Å². The Morgan fingerprint density at radius 2 is 2.00 bits per heavy atom. The first-order chi connectivity index (χ1) is 12.7. The van der Waals surface area contributed by atoms with Crippen LogP contribution in [-0.4, -0.2) is 21.3 Å². The second-order valence-corrected chi connectivity index (χ2v) is 7.56. The maximum Gasteiger partial charge on any atom is 0.233 e. The summed E-state index contributed by atoms with van der Waals surface area (Å²) in [5.74, 6) is -0.506. The number of halogens is 1. The molecule has 0 radical (unpaired) electrons. The van der Waals surface area contributed by atoms with E-state index in [0.717, 1.165) is 0 Å². The molecule has 0 fully saturated rings. The van der Waals surface area contributed by atoms with Crippen LogP contribution in [0.3, 0.4) is 0 Å². The quantitative estimate of drug-likeness (QED) is 0.704. The van der Waals surface area contributed by atoms with Crippen molar-refractivity contribution in [1.29, 1.82) is 0 Å². The van der Waals surface area contributed by atoms with Crippen LogP contribution >= 0.6 is 0 Å². The first-order valence-electron chi connectivity index (χ1n) is 8.01. The largest absolute Gasteiger partial charge is 0.496 e. The number of ketones is 1. The van der Waals surface area contributed by atoms with Crippen LogP contribution in [0.25, 0.3) is 12.2 Å². The number of primary sulfonamides is 1. The minimum atomic E-state index is -3.87. The Kier molecular flexibility index (Phi) is 7.84. The molecule has 0 spiro atoms. The average Bonchev–Trinajstić information content (AvgIpc) is 2.84. The molecule has 0 saturated heterocycles. The molecule has 1 aliphatic rings. The number of carbonyl (C=O) groups excluding carboxylic acids is 1. The van der Waals surface area contributed by atoms with Crippen LogP contribution < -0.4 is 9.88 Å². The van der Waals surface area contributed by atoms with Crippen molar-refractivity contribution in [2.24, 2.45) is 5.14 Å². The lowest BCUT2D eigenvalue weighted by Crippen LogP contribution is -2.13. The number of hydrogen-bond donors (Lipinski definition) is 1. The molecule has 0 aromatic heterocycles. The number of rotatable bonds is 6. The second-order valence-electron chi connectivity index (χ2n) is 5.83. The number of Topliss-reactive ketones (excluding diaryl/α,β-unsaturated/α-hetero) is 1. The minimum Gasteiger partial charge on any atom is -0.496 e. The van der Waals surface area contributed by atoms with Gasteiger partial charge in [0, 0.05) is 5.57 Å². The topological polar surface area (TPSA) is 86.5 Å². The van der Waals surface area contributed by atoms with Crippen molar-refractivity contribution in [3.63, 3.8) is 0 Å².